The van der Waals surface area contributed by atoms with Crippen LogP contribution in [0.15, 0.2) is 58.4 Å². The van der Waals surface area contributed by atoms with E-state index >= 15 is 0 Å². The third kappa shape index (κ3) is 4.65. The zero-order chi connectivity index (χ0) is 18.5. The van der Waals surface area contributed by atoms with Crippen molar-refractivity contribution >= 4 is 52.1 Å². The van der Waals surface area contributed by atoms with Crippen LogP contribution >= 0.6 is 23.4 Å². The molecule has 0 unspecified atom stereocenters. The molecule has 1 aliphatic rings. The number of hydrogen-bond acceptors (Lipinski definition) is 5. The van der Waals surface area contributed by atoms with Crippen molar-refractivity contribution in [2.75, 3.05) is 6.61 Å². The molecule has 0 aliphatic carbocycles. The monoisotopic (exact) mass is 387 g/mol. The van der Waals surface area contributed by atoms with Crippen LogP contribution in [0, 0.1) is 0 Å². The normalized spacial score (nSPS) is 16.7. The fourth-order valence-corrected chi connectivity index (χ4v) is 3.11. The van der Waals surface area contributed by atoms with Gasteiger partial charge in [-0.2, -0.15) is 0 Å². The summed E-state index contributed by atoms with van der Waals surface area (Å²) in [5.41, 5.74) is 6.44. The Bertz CT molecular complexity index is 910. The van der Waals surface area contributed by atoms with E-state index < -0.39 is 5.91 Å². The van der Waals surface area contributed by atoms with Crippen LogP contribution in [0.4, 0.5) is 5.69 Å². The number of ether oxygens (including phenoxy) is 1. The number of nitrogens with one attached hydrogen (secondary N) is 1. The second kappa shape index (κ2) is 8.07. The third-order valence-electron chi connectivity index (χ3n) is 3.28. The fourth-order valence-electron chi connectivity index (χ4n) is 2.10. The van der Waals surface area contributed by atoms with E-state index in [9.17, 15) is 9.59 Å². The van der Waals surface area contributed by atoms with Gasteiger partial charge in [-0.1, -0.05) is 35.9 Å². The number of rotatable bonds is 5. The lowest BCUT2D eigenvalue weighted by molar-refractivity contribution is -0.120. The average molecular weight is 388 g/mol. The van der Waals surface area contributed by atoms with Gasteiger partial charge in [0.15, 0.2) is 11.8 Å². The van der Waals surface area contributed by atoms with Gasteiger partial charge in [0.1, 0.15) is 5.75 Å². The largest absolute Gasteiger partial charge is 0.484 e. The van der Waals surface area contributed by atoms with Crippen LogP contribution in [0.5, 0.6) is 5.75 Å². The highest BCUT2D eigenvalue weighted by molar-refractivity contribution is 8.18. The number of carbonyl (C=O) groups excluding carboxylic acids is 2. The molecule has 0 aromatic heterocycles. The summed E-state index contributed by atoms with van der Waals surface area (Å²) in [6.45, 7) is -0.180. The summed E-state index contributed by atoms with van der Waals surface area (Å²) >= 11 is 7.32. The molecule has 0 atom stereocenters. The molecule has 6 nitrogen and oxygen atoms in total. The third-order valence-corrected chi connectivity index (χ3v) is 4.51. The quantitative estimate of drug-likeness (QED) is 0.771. The summed E-state index contributed by atoms with van der Waals surface area (Å²) in [5.74, 6) is -0.245. The van der Waals surface area contributed by atoms with E-state index in [1.807, 2.05) is 12.1 Å². The van der Waals surface area contributed by atoms with Gasteiger partial charge in [-0.15, -0.1) is 0 Å². The van der Waals surface area contributed by atoms with Gasteiger partial charge in [-0.05, 0) is 47.7 Å². The molecule has 0 saturated carbocycles. The summed E-state index contributed by atoms with van der Waals surface area (Å²) < 4.78 is 5.20. The van der Waals surface area contributed by atoms with Gasteiger partial charge < -0.3 is 15.8 Å². The van der Waals surface area contributed by atoms with Crippen molar-refractivity contribution < 1.29 is 14.3 Å². The predicted molar refractivity (Wildman–Crippen MR) is 103 cm³/mol. The molecule has 1 fully saturated rings. The smallest absolute Gasteiger partial charge is 0.264 e. The van der Waals surface area contributed by atoms with Crippen LogP contribution in [0.1, 0.15) is 5.56 Å². The van der Waals surface area contributed by atoms with Crippen LogP contribution < -0.4 is 15.8 Å². The second-order valence-corrected chi connectivity index (χ2v) is 6.70. The van der Waals surface area contributed by atoms with Gasteiger partial charge in [0.05, 0.1) is 15.6 Å². The lowest BCUT2D eigenvalue weighted by Gasteiger charge is -2.03. The number of nitrogens with zero attached hydrogens (tertiary/aromatic N) is 1. The van der Waals surface area contributed by atoms with Gasteiger partial charge in [0.25, 0.3) is 11.8 Å². The number of thioether (sulfide) groups is 1. The molecule has 2 aromatic rings. The molecule has 1 saturated heterocycles. The number of primary amides is 1. The first-order chi connectivity index (χ1) is 12.5. The summed E-state index contributed by atoms with van der Waals surface area (Å²) in [5, 5.41) is 3.70. The molecule has 8 heteroatoms. The fraction of sp³-hybridized carbons (Fsp3) is 0.0556. The van der Waals surface area contributed by atoms with Gasteiger partial charge in [0.2, 0.25) is 0 Å². The van der Waals surface area contributed by atoms with Crippen LogP contribution in [-0.4, -0.2) is 23.6 Å². The van der Waals surface area contributed by atoms with Crippen LogP contribution in [0.3, 0.4) is 0 Å². The van der Waals surface area contributed by atoms with Crippen molar-refractivity contribution in [3.05, 3.63) is 64.0 Å². The summed E-state index contributed by atoms with van der Waals surface area (Å²) in [7, 11) is 0. The van der Waals surface area contributed by atoms with E-state index in [-0.39, 0.29) is 12.5 Å². The Morgan fingerprint density at radius 3 is 2.65 bits per heavy atom. The Hall–Kier alpha value is -2.77. The lowest BCUT2D eigenvalue weighted by atomic mass is 10.2. The number of benzene rings is 2. The highest BCUT2D eigenvalue weighted by Crippen LogP contribution is 2.30. The van der Waals surface area contributed by atoms with Crippen molar-refractivity contribution in [1.82, 2.24) is 5.32 Å². The first kappa shape index (κ1) is 18.0. The van der Waals surface area contributed by atoms with Crippen LogP contribution in [0.2, 0.25) is 5.02 Å². The van der Waals surface area contributed by atoms with E-state index in [2.05, 4.69) is 10.3 Å². The average Bonchev–Trinajstić information content (AvgIpc) is 2.95. The van der Waals surface area contributed by atoms with E-state index in [1.165, 1.54) is 11.8 Å². The Labute approximate surface area is 159 Å². The molecule has 1 aliphatic heterocycles. The highest BCUT2D eigenvalue weighted by Gasteiger charge is 2.24. The molecule has 132 valence electrons. The van der Waals surface area contributed by atoms with Gasteiger partial charge in [0, 0.05) is 0 Å². The number of para-hydroxylation sites is 1. The number of hydrogen-bond donors (Lipinski definition) is 2. The summed E-state index contributed by atoms with van der Waals surface area (Å²) in [6, 6.07) is 14.1. The molecule has 0 bridgehead atoms. The second-order valence-electron chi connectivity index (χ2n) is 5.26. The molecular formula is C18H14ClN3O3S. The van der Waals surface area contributed by atoms with Gasteiger partial charge >= 0.3 is 0 Å². The van der Waals surface area contributed by atoms with Gasteiger partial charge in [-0.3, -0.25) is 9.59 Å². The molecule has 0 spiro atoms. The van der Waals surface area contributed by atoms with Gasteiger partial charge in [-0.25, -0.2) is 4.99 Å². The van der Waals surface area contributed by atoms with Crippen molar-refractivity contribution in [1.29, 1.82) is 0 Å². The highest BCUT2D eigenvalue weighted by atomic mass is 35.5. The van der Waals surface area contributed by atoms with Crippen molar-refractivity contribution in [2.45, 2.75) is 0 Å². The van der Waals surface area contributed by atoms with Crippen molar-refractivity contribution in [3.63, 3.8) is 0 Å². The molecule has 2 aromatic carbocycles. The Balaban J connectivity index is 1.72. The lowest BCUT2D eigenvalue weighted by Crippen LogP contribution is -2.20. The first-order valence-corrected chi connectivity index (χ1v) is 8.76. The Morgan fingerprint density at radius 2 is 1.96 bits per heavy atom. The molecule has 26 heavy (non-hydrogen) atoms. The maximum absolute atomic E-state index is 12.1. The number of aliphatic imine (C=N–C) groups is 1. The zero-order valence-corrected chi connectivity index (χ0v) is 15.0. The minimum Gasteiger partial charge on any atom is -0.484 e. The van der Waals surface area contributed by atoms with E-state index in [0.717, 1.165) is 5.56 Å². The molecule has 0 radical (unpaired) electrons. The maximum Gasteiger partial charge on any atom is 0.264 e. The number of amidine groups is 1. The predicted octanol–water partition coefficient (Wildman–Crippen LogP) is 3.10. The van der Waals surface area contributed by atoms with Crippen LogP contribution in [-0.2, 0) is 9.59 Å². The van der Waals surface area contributed by atoms with Crippen molar-refractivity contribution in [2.24, 2.45) is 10.7 Å². The zero-order valence-electron chi connectivity index (χ0n) is 13.4. The van der Waals surface area contributed by atoms with Crippen molar-refractivity contribution in [3.8, 4) is 5.75 Å². The van der Waals surface area contributed by atoms with Crippen LogP contribution in [0.25, 0.3) is 6.08 Å². The standard InChI is InChI=1S/C18H14ClN3O3S/c19-13-3-1-2-4-14(13)21-18-22-17(24)15(26-18)9-11-5-7-12(8-6-11)25-10-16(20)23/h1-9H,10H2,(H2,20,23)(H,21,22,24)/b15-9+. The number of amides is 2. The maximum atomic E-state index is 12.1. The first-order valence-electron chi connectivity index (χ1n) is 7.56. The molecule has 2 amide bonds. The minimum atomic E-state index is -0.541. The van der Waals surface area contributed by atoms with E-state index in [0.29, 0.717) is 26.5 Å². The Morgan fingerprint density at radius 1 is 1.23 bits per heavy atom. The SMILES string of the molecule is NC(=O)COc1ccc(/C=C2/SC(=Nc3ccccc3Cl)NC2=O)cc1. The van der Waals surface area contributed by atoms with E-state index in [1.54, 1.807) is 42.5 Å². The summed E-state index contributed by atoms with van der Waals surface area (Å²) in [6.07, 6.45) is 1.74. The topological polar surface area (TPSA) is 93.8 Å². The number of halogens is 1. The molecule has 1 heterocycles. The molecule has 3 N–H and O–H groups in total. The number of nitrogens with two attached hydrogens (primary N) is 1. The Kier molecular flexibility index (Phi) is 5.60. The van der Waals surface area contributed by atoms with E-state index in [4.69, 9.17) is 22.1 Å². The molecular weight excluding hydrogens is 374 g/mol. The minimum absolute atomic E-state index is 0.180. The summed E-state index contributed by atoms with van der Waals surface area (Å²) in [4.78, 5) is 27.7. The molecule has 3 rings (SSSR count). The number of carbonyl (C=O) groups is 2.